The van der Waals surface area contributed by atoms with Crippen molar-refractivity contribution in [2.75, 3.05) is 20.3 Å². The van der Waals surface area contributed by atoms with Gasteiger partial charge in [-0.15, -0.1) is 0 Å². The third-order valence-corrected chi connectivity index (χ3v) is 3.51. The molecule has 4 nitrogen and oxygen atoms in total. The van der Waals surface area contributed by atoms with E-state index in [1.807, 2.05) is 59.5 Å². The van der Waals surface area contributed by atoms with E-state index in [0.29, 0.717) is 13.1 Å². The van der Waals surface area contributed by atoms with Gasteiger partial charge in [-0.3, -0.25) is 4.90 Å². The molecule has 0 aliphatic carbocycles. The summed E-state index contributed by atoms with van der Waals surface area (Å²) < 4.78 is 5.23. The second-order valence-electron chi connectivity index (χ2n) is 4.99. The van der Waals surface area contributed by atoms with Crippen molar-refractivity contribution in [3.63, 3.8) is 0 Å². The molecule has 2 rings (SSSR count). The summed E-state index contributed by atoms with van der Waals surface area (Å²) in [5.74, 6) is 0.724. The van der Waals surface area contributed by atoms with Crippen LogP contribution in [0.5, 0.6) is 5.75 Å². The standard InChI is InChI=1S/C18H20N2O2/c1-22-17-9-5-8-16(12-17)18(13-19)20(10-11-21)14-15-6-3-2-4-7-15/h2-9,12,18,21H,10-11,14H2,1H3. The van der Waals surface area contributed by atoms with Crippen molar-refractivity contribution in [3.05, 3.63) is 65.7 Å². The first-order valence-electron chi connectivity index (χ1n) is 7.21. The highest BCUT2D eigenvalue weighted by atomic mass is 16.5. The van der Waals surface area contributed by atoms with E-state index in [1.54, 1.807) is 7.11 Å². The van der Waals surface area contributed by atoms with Gasteiger partial charge in [0.15, 0.2) is 0 Å². The number of hydrogen-bond donors (Lipinski definition) is 1. The van der Waals surface area contributed by atoms with E-state index in [2.05, 4.69) is 6.07 Å². The first-order valence-corrected chi connectivity index (χ1v) is 7.21. The van der Waals surface area contributed by atoms with Crippen LogP contribution in [0.15, 0.2) is 54.6 Å². The topological polar surface area (TPSA) is 56.5 Å². The molecule has 1 unspecified atom stereocenters. The number of benzene rings is 2. The van der Waals surface area contributed by atoms with Crippen molar-refractivity contribution >= 4 is 0 Å². The van der Waals surface area contributed by atoms with Gasteiger partial charge in [-0.05, 0) is 23.3 Å². The van der Waals surface area contributed by atoms with Crippen LogP contribution in [0.3, 0.4) is 0 Å². The van der Waals surface area contributed by atoms with E-state index in [0.717, 1.165) is 16.9 Å². The fourth-order valence-corrected chi connectivity index (χ4v) is 2.42. The summed E-state index contributed by atoms with van der Waals surface area (Å²) in [4.78, 5) is 1.96. The Labute approximate surface area is 131 Å². The van der Waals surface area contributed by atoms with Crippen LogP contribution >= 0.6 is 0 Å². The molecule has 0 aromatic heterocycles. The summed E-state index contributed by atoms with van der Waals surface area (Å²) in [5, 5.41) is 18.9. The summed E-state index contributed by atoms with van der Waals surface area (Å²) >= 11 is 0. The molecular weight excluding hydrogens is 276 g/mol. The lowest BCUT2D eigenvalue weighted by atomic mass is 10.0. The smallest absolute Gasteiger partial charge is 0.124 e. The zero-order valence-electron chi connectivity index (χ0n) is 12.6. The maximum atomic E-state index is 9.60. The largest absolute Gasteiger partial charge is 0.497 e. The molecule has 0 amide bonds. The third kappa shape index (κ3) is 4.08. The number of rotatable bonds is 7. The quantitative estimate of drug-likeness (QED) is 0.853. The molecule has 4 heteroatoms. The van der Waals surface area contributed by atoms with Gasteiger partial charge in [-0.25, -0.2) is 0 Å². The maximum Gasteiger partial charge on any atom is 0.124 e. The molecule has 0 spiro atoms. The second-order valence-corrected chi connectivity index (χ2v) is 4.99. The monoisotopic (exact) mass is 296 g/mol. The summed E-state index contributed by atoms with van der Waals surface area (Å²) in [6.45, 7) is 1.05. The first kappa shape index (κ1) is 16.0. The summed E-state index contributed by atoms with van der Waals surface area (Å²) in [7, 11) is 1.61. The fraction of sp³-hybridized carbons (Fsp3) is 0.278. The number of aliphatic hydroxyl groups excluding tert-OH is 1. The van der Waals surface area contributed by atoms with Gasteiger partial charge in [-0.1, -0.05) is 42.5 Å². The van der Waals surface area contributed by atoms with Crippen LogP contribution in [0.1, 0.15) is 17.2 Å². The Hall–Kier alpha value is -2.35. The average molecular weight is 296 g/mol. The van der Waals surface area contributed by atoms with Crippen LogP contribution in [0.4, 0.5) is 0 Å². The Morgan fingerprint density at radius 1 is 1.18 bits per heavy atom. The molecule has 0 aliphatic heterocycles. The van der Waals surface area contributed by atoms with E-state index in [1.165, 1.54) is 0 Å². The van der Waals surface area contributed by atoms with E-state index in [-0.39, 0.29) is 6.61 Å². The zero-order chi connectivity index (χ0) is 15.8. The lowest BCUT2D eigenvalue weighted by Gasteiger charge is -2.27. The predicted octanol–water partition coefficient (Wildman–Crippen LogP) is 2.75. The van der Waals surface area contributed by atoms with Crippen molar-refractivity contribution in [2.24, 2.45) is 0 Å². The SMILES string of the molecule is COc1cccc(C(C#N)N(CCO)Cc2ccccc2)c1. The first-order chi connectivity index (χ1) is 10.8. The highest BCUT2D eigenvalue weighted by molar-refractivity contribution is 5.33. The lowest BCUT2D eigenvalue weighted by molar-refractivity contribution is 0.167. The van der Waals surface area contributed by atoms with E-state index in [4.69, 9.17) is 4.74 Å². The van der Waals surface area contributed by atoms with Crippen LogP contribution in [0, 0.1) is 11.3 Å². The Kier molecular flexibility index (Phi) is 5.96. The van der Waals surface area contributed by atoms with Gasteiger partial charge in [0.05, 0.1) is 19.8 Å². The van der Waals surface area contributed by atoms with E-state index >= 15 is 0 Å². The second kappa shape index (κ2) is 8.18. The van der Waals surface area contributed by atoms with E-state index in [9.17, 15) is 10.4 Å². The minimum atomic E-state index is -0.428. The Bertz CT molecular complexity index is 622. The molecule has 2 aromatic carbocycles. The molecule has 22 heavy (non-hydrogen) atoms. The lowest BCUT2D eigenvalue weighted by Crippen LogP contribution is -2.30. The Morgan fingerprint density at radius 3 is 2.59 bits per heavy atom. The predicted molar refractivity (Wildman–Crippen MR) is 85.3 cm³/mol. The normalized spacial score (nSPS) is 11.9. The molecule has 0 heterocycles. The maximum absolute atomic E-state index is 9.60. The average Bonchev–Trinajstić information content (AvgIpc) is 2.57. The van der Waals surface area contributed by atoms with Crippen LogP contribution < -0.4 is 4.74 Å². The fourth-order valence-electron chi connectivity index (χ4n) is 2.42. The summed E-state index contributed by atoms with van der Waals surface area (Å²) in [6, 6.07) is 19.3. The molecule has 0 bridgehead atoms. The molecule has 0 aliphatic rings. The van der Waals surface area contributed by atoms with Crippen LogP contribution in [-0.4, -0.2) is 30.3 Å². The molecule has 2 aromatic rings. The van der Waals surface area contributed by atoms with Gasteiger partial charge in [0.2, 0.25) is 0 Å². The number of nitriles is 1. The molecule has 0 radical (unpaired) electrons. The van der Waals surface area contributed by atoms with Crippen molar-refractivity contribution in [2.45, 2.75) is 12.6 Å². The van der Waals surface area contributed by atoms with Crippen molar-refractivity contribution in [3.8, 4) is 11.8 Å². The van der Waals surface area contributed by atoms with Gasteiger partial charge < -0.3 is 9.84 Å². The number of methoxy groups -OCH3 is 1. The van der Waals surface area contributed by atoms with Crippen LogP contribution in [-0.2, 0) is 6.54 Å². The van der Waals surface area contributed by atoms with Crippen molar-refractivity contribution < 1.29 is 9.84 Å². The third-order valence-electron chi connectivity index (χ3n) is 3.51. The van der Waals surface area contributed by atoms with Crippen LogP contribution in [0.2, 0.25) is 0 Å². The highest BCUT2D eigenvalue weighted by Gasteiger charge is 2.20. The van der Waals surface area contributed by atoms with Gasteiger partial charge in [0.1, 0.15) is 11.8 Å². The summed E-state index contributed by atoms with van der Waals surface area (Å²) in [5.41, 5.74) is 1.98. The highest BCUT2D eigenvalue weighted by Crippen LogP contribution is 2.25. The van der Waals surface area contributed by atoms with E-state index < -0.39 is 6.04 Å². The number of ether oxygens (including phenoxy) is 1. The Morgan fingerprint density at radius 2 is 1.95 bits per heavy atom. The molecule has 1 atom stereocenters. The number of aliphatic hydroxyl groups is 1. The van der Waals surface area contributed by atoms with Gasteiger partial charge in [0.25, 0.3) is 0 Å². The summed E-state index contributed by atoms with van der Waals surface area (Å²) in [6.07, 6.45) is 0. The van der Waals surface area contributed by atoms with Crippen LogP contribution in [0.25, 0.3) is 0 Å². The molecule has 0 saturated carbocycles. The van der Waals surface area contributed by atoms with Gasteiger partial charge >= 0.3 is 0 Å². The Balaban J connectivity index is 2.25. The number of nitrogens with zero attached hydrogens (tertiary/aromatic N) is 2. The van der Waals surface area contributed by atoms with Gasteiger partial charge in [-0.2, -0.15) is 5.26 Å². The molecule has 0 fully saturated rings. The minimum absolute atomic E-state index is 0.00891. The zero-order valence-corrected chi connectivity index (χ0v) is 12.6. The van der Waals surface area contributed by atoms with Crippen molar-refractivity contribution in [1.82, 2.24) is 4.90 Å². The number of hydrogen-bond acceptors (Lipinski definition) is 4. The van der Waals surface area contributed by atoms with Crippen molar-refractivity contribution in [1.29, 1.82) is 5.26 Å². The molecule has 1 N–H and O–H groups in total. The molecular formula is C18H20N2O2. The minimum Gasteiger partial charge on any atom is -0.497 e. The molecule has 114 valence electrons. The van der Waals surface area contributed by atoms with Gasteiger partial charge in [0, 0.05) is 13.1 Å². The molecule has 0 saturated heterocycles.